The summed E-state index contributed by atoms with van der Waals surface area (Å²) in [5.41, 5.74) is 2.66. The summed E-state index contributed by atoms with van der Waals surface area (Å²) >= 11 is 0. The van der Waals surface area contributed by atoms with E-state index in [1.807, 2.05) is 32.2 Å². The van der Waals surface area contributed by atoms with Crippen molar-refractivity contribution < 1.29 is 33.0 Å². The summed E-state index contributed by atoms with van der Waals surface area (Å²) in [4.78, 5) is 25.7. The number of carbonyl (C=O) groups excluding carboxylic acids is 1. The molecule has 1 atom stereocenters. The number of likely N-dealkylation sites (N-methyl/N-ethyl adjacent to an activating group) is 1. The van der Waals surface area contributed by atoms with E-state index in [4.69, 9.17) is 14.6 Å². The number of carboxylic acid groups (broad SMARTS) is 1. The molecule has 3 aromatic rings. The van der Waals surface area contributed by atoms with Crippen LogP contribution in [0.5, 0.6) is 11.5 Å². The molecule has 2 N–H and O–H groups in total. The van der Waals surface area contributed by atoms with Gasteiger partial charge in [0.2, 0.25) is 0 Å². The molecule has 3 aromatic carbocycles. The van der Waals surface area contributed by atoms with Gasteiger partial charge in [-0.25, -0.2) is 8.78 Å². The predicted molar refractivity (Wildman–Crippen MR) is 131 cm³/mol. The maximum atomic E-state index is 14.8. The van der Waals surface area contributed by atoms with Gasteiger partial charge < -0.3 is 24.8 Å². The molecule has 1 amide bonds. The van der Waals surface area contributed by atoms with Crippen molar-refractivity contribution in [3.05, 3.63) is 82.4 Å². The summed E-state index contributed by atoms with van der Waals surface area (Å²) in [7, 11) is 1.95. The van der Waals surface area contributed by atoms with Gasteiger partial charge in [-0.2, -0.15) is 0 Å². The van der Waals surface area contributed by atoms with Crippen molar-refractivity contribution >= 4 is 23.3 Å². The average Bonchev–Trinajstić information content (AvgIpc) is 2.81. The second-order valence-corrected chi connectivity index (χ2v) is 8.84. The van der Waals surface area contributed by atoms with E-state index in [-0.39, 0.29) is 36.1 Å². The van der Waals surface area contributed by atoms with Gasteiger partial charge >= 0.3 is 5.97 Å². The maximum Gasteiger partial charge on any atom is 0.307 e. The van der Waals surface area contributed by atoms with Crippen LogP contribution in [0.25, 0.3) is 0 Å². The molecular weight excluding hydrogens is 470 g/mol. The van der Waals surface area contributed by atoms with Gasteiger partial charge in [0.05, 0.1) is 24.3 Å². The number of halogens is 2. The van der Waals surface area contributed by atoms with Crippen LogP contribution in [0.3, 0.4) is 0 Å². The number of nitrogens with zero attached hydrogens (tertiary/aromatic N) is 1. The molecule has 0 radical (unpaired) electrons. The second-order valence-electron chi connectivity index (χ2n) is 8.84. The van der Waals surface area contributed by atoms with E-state index in [9.17, 15) is 18.4 Å². The van der Waals surface area contributed by atoms with Gasteiger partial charge in [0.1, 0.15) is 24.3 Å². The topological polar surface area (TPSA) is 88.1 Å². The summed E-state index contributed by atoms with van der Waals surface area (Å²) in [5, 5.41) is 11.3. The number of ether oxygens (including phenoxy) is 2. The molecule has 0 bridgehead atoms. The normalized spacial score (nSPS) is 14.6. The number of fused-ring (bicyclic) bond motifs is 1. The summed E-state index contributed by atoms with van der Waals surface area (Å²) in [5.74, 6) is -2.59. The van der Waals surface area contributed by atoms with Crippen molar-refractivity contribution in [2.24, 2.45) is 0 Å². The SMILES string of the molecule is Cc1ccc2c(c1)N(C)C[C@@H](COc1cc(C)c(C(=O)Nc3cc(CC(=O)O)ccc3F)cc1F)O2. The number of anilines is 2. The summed E-state index contributed by atoms with van der Waals surface area (Å²) in [6, 6.07) is 12.0. The highest BCUT2D eigenvalue weighted by molar-refractivity contribution is 6.05. The van der Waals surface area contributed by atoms with Gasteiger partial charge in [-0.3, -0.25) is 9.59 Å². The van der Waals surface area contributed by atoms with E-state index in [2.05, 4.69) is 10.2 Å². The predicted octanol–water partition coefficient (Wildman–Crippen LogP) is 4.74. The van der Waals surface area contributed by atoms with Crippen LogP contribution in [0, 0.1) is 25.5 Å². The van der Waals surface area contributed by atoms with Crippen LogP contribution in [0.15, 0.2) is 48.5 Å². The Morgan fingerprint density at radius 2 is 1.89 bits per heavy atom. The van der Waals surface area contributed by atoms with Crippen molar-refractivity contribution in [2.75, 3.05) is 30.4 Å². The van der Waals surface area contributed by atoms with E-state index in [0.717, 1.165) is 29.1 Å². The number of rotatable bonds is 7. The Morgan fingerprint density at radius 1 is 1.11 bits per heavy atom. The standard InChI is InChI=1S/C27H26F2N2O5/c1-15-4-7-24-23(8-15)31(3)13-18(36-24)14-35-25-9-16(2)19(12-21(25)29)27(34)30-22-10-17(11-26(32)33)5-6-20(22)28/h4-10,12,18H,11,13-14H2,1-3H3,(H,30,34)(H,32,33)/t18-/m0/s1. The van der Waals surface area contributed by atoms with Crippen LogP contribution in [-0.2, 0) is 11.2 Å². The molecule has 1 heterocycles. The molecular formula is C27H26F2N2O5. The fourth-order valence-electron chi connectivity index (χ4n) is 4.07. The lowest BCUT2D eigenvalue weighted by Gasteiger charge is -2.34. The molecule has 9 heteroatoms. The third kappa shape index (κ3) is 5.56. The van der Waals surface area contributed by atoms with Crippen LogP contribution in [0.2, 0.25) is 0 Å². The van der Waals surface area contributed by atoms with Gasteiger partial charge in [0.15, 0.2) is 11.6 Å². The number of benzene rings is 3. The van der Waals surface area contributed by atoms with Gasteiger partial charge in [0.25, 0.3) is 5.91 Å². The van der Waals surface area contributed by atoms with E-state index < -0.39 is 23.5 Å². The zero-order valence-electron chi connectivity index (χ0n) is 20.1. The summed E-state index contributed by atoms with van der Waals surface area (Å²) in [6.07, 6.45) is -0.650. The third-order valence-electron chi connectivity index (χ3n) is 5.88. The lowest BCUT2D eigenvalue weighted by molar-refractivity contribution is -0.136. The fraction of sp³-hybridized carbons (Fsp3) is 0.259. The number of carbonyl (C=O) groups is 2. The molecule has 0 spiro atoms. The van der Waals surface area contributed by atoms with Gasteiger partial charge in [0, 0.05) is 12.6 Å². The van der Waals surface area contributed by atoms with Crippen LogP contribution in [0.4, 0.5) is 20.2 Å². The number of nitrogens with one attached hydrogen (secondary N) is 1. The van der Waals surface area contributed by atoms with Crippen LogP contribution in [0.1, 0.15) is 27.0 Å². The molecule has 4 rings (SSSR count). The first-order valence-corrected chi connectivity index (χ1v) is 11.3. The minimum absolute atomic E-state index is 0.000773. The third-order valence-corrected chi connectivity index (χ3v) is 5.88. The largest absolute Gasteiger partial charge is 0.487 e. The van der Waals surface area contributed by atoms with E-state index >= 15 is 0 Å². The Bertz CT molecular complexity index is 1330. The summed E-state index contributed by atoms with van der Waals surface area (Å²) < 4.78 is 40.7. The molecule has 7 nitrogen and oxygen atoms in total. The van der Waals surface area contributed by atoms with Crippen molar-refractivity contribution in [3.8, 4) is 11.5 Å². The monoisotopic (exact) mass is 496 g/mol. The first kappa shape index (κ1) is 25.0. The minimum atomic E-state index is -1.09. The van der Waals surface area contributed by atoms with E-state index in [1.165, 1.54) is 18.2 Å². The van der Waals surface area contributed by atoms with Crippen molar-refractivity contribution in [3.63, 3.8) is 0 Å². The molecule has 0 saturated carbocycles. The Morgan fingerprint density at radius 3 is 2.64 bits per heavy atom. The number of aliphatic carboxylic acids is 1. The van der Waals surface area contributed by atoms with Gasteiger partial charge in [-0.15, -0.1) is 0 Å². The number of hydrogen-bond donors (Lipinski definition) is 2. The van der Waals surface area contributed by atoms with E-state index in [0.29, 0.717) is 17.7 Å². The van der Waals surface area contributed by atoms with Crippen molar-refractivity contribution in [2.45, 2.75) is 26.4 Å². The van der Waals surface area contributed by atoms with Gasteiger partial charge in [-0.1, -0.05) is 12.1 Å². The lowest BCUT2D eigenvalue weighted by atomic mass is 10.1. The molecule has 1 aliphatic heterocycles. The van der Waals surface area contributed by atoms with Crippen molar-refractivity contribution in [1.29, 1.82) is 0 Å². The molecule has 36 heavy (non-hydrogen) atoms. The molecule has 0 aliphatic carbocycles. The Hall–Kier alpha value is -4.14. The Labute approximate surface area is 207 Å². The van der Waals surface area contributed by atoms with Gasteiger partial charge in [-0.05, 0) is 66.9 Å². The number of hydrogen-bond acceptors (Lipinski definition) is 5. The molecule has 0 aromatic heterocycles. The zero-order valence-corrected chi connectivity index (χ0v) is 20.1. The highest BCUT2D eigenvalue weighted by Crippen LogP contribution is 2.33. The molecule has 188 valence electrons. The first-order chi connectivity index (χ1) is 17.1. The zero-order chi connectivity index (χ0) is 26.0. The molecule has 0 fully saturated rings. The summed E-state index contributed by atoms with van der Waals surface area (Å²) in [6.45, 7) is 4.28. The Balaban J connectivity index is 1.44. The molecule has 1 aliphatic rings. The highest BCUT2D eigenvalue weighted by atomic mass is 19.1. The smallest absolute Gasteiger partial charge is 0.307 e. The fourth-order valence-corrected chi connectivity index (χ4v) is 4.07. The quantitative estimate of drug-likeness (QED) is 0.492. The van der Waals surface area contributed by atoms with Crippen LogP contribution < -0.4 is 19.7 Å². The van der Waals surface area contributed by atoms with Crippen molar-refractivity contribution in [1.82, 2.24) is 0 Å². The number of aryl methyl sites for hydroxylation is 2. The maximum absolute atomic E-state index is 14.8. The second kappa shape index (κ2) is 10.2. The number of amides is 1. The first-order valence-electron chi connectivity index (χ1n) is 11.3. The number of carboxylic acids is 1. The van der Waals surface area contributed by atoms with E-state index in [1.54, 1.807) is 6.92 Å². The lowest BCUT2D eigenvalue weighted by Crippen LogP contribution is -2.41. The van der Waals surface area contributed by atoms with Crippen LogP contribution in [-0.4, -0.2) is 43.3 Å². The molecule has 0 saturated heterocycles. The minimum Gasteiger partial charge on any atom is -0.487 e. The average molecular weight is 497 g/mol. The molecule has 0 unspecified atom stereocenters. The highest BCUT2D eigenvalue weighted by Gasteiger charge is 2.25. The van der Waals surface area contributed by atoms with Crippen LogP contribution >= 0.6 is 0 Å². The Kier molecular flexibility index (Phi) is 7.10.